The Kier molecular flexibility index (Phi) is 7.06. The largest absolute Gasteiger partial charge is 0.494 e. The Hall–Kier alpha value is -1.39. The Morgan fingerprint density at radius 3 is 2.38 bits per heavy atom. The zero-order valence-corrected chi connectivity index (χ0v) is 20.9. The Morgan fingerprint density at radius 1 is 1.14 bits per heavy atom. The number of hydrogen-bond acceptors (Lipinski definition) is 4. The van der Waals surface area contributed by atoms with E-state index in [1.165, 1.54) is 7.11 Å². The molecular weight excluding hydrogens is 613 g/mol. The van der Waals surface area contributed by atoms with E-state index in [1.807, 2.05) is 0 Å². The first kappa shape index (κ1) is 22.3. The second kappa shape index (κ2) is 9.18. The van der Waals surface area contributed by atoms with Crippen LogP contribution in [0.15, 0.2) is 49.1 Å². The molecule has 3 aromatic rings. The molecule has 0 fully saturated rings. The van der Waals surface area contributed by atoms with Gasteiger partial charge in [0.05, 0.1) is 21.6 Å². The first-order chi connectivity index (χ1) is 13.7. The van der Waals surface area contributed by atoms with Crippen molar-refractivity contribution in [3.63, 3.8) is 0 Å². The minimum Gasteiger partial charge on any atom is -0.494 e. The van der Waals surface area contributed by atoms with E-state index < -0.39 is 11.9 Å². The fourth-order valence-corrected chi connectivity index (χ4v) is 5.49. The first-order valence-corrected chi connectivity index (χ1v) is 11.5. The van der Waals surface area contributed by atoms with Crippen molar-refractivity contribution >= 4 is 87.6 Å². The van der Waals surface area contributed by atoms with Crippen LogP contribution in [0.25, 0.3) is 11.1 Å². The van der Waals surface area contributed by atoms with Crippen molar-refractivity contribution in [2.24, 2.45) is 0 Å². The summed E-state index contributed by atoms with van der Waals surface area (Å²) in [5, 5.41) is 14.9. The van der Waals surface area contributed by atoms with E-state index >= 15 is 0 Å². The number of carboxylic acids is 1. The lowest BCUT2D eigenvalue weighted by Gasteiger charge is -2.13. The van der Waals surface area contributed by atoms with Gasteiger partial charge >= 0.3 is 5.97 Å². The number of halogens is 4. The van der Waals surface area contributed by atoms with E-state index in [9.17, 15) is 14.7 Å². The molecule has 0 aliphatic rings. The highest BCUT2D eigenvalue weighted by Gasteiger charge is 2.24. The highest BCUT2D eigenvalue weighted by Crippen LogP contribution is 2.42. The van der Waals surface area contributed by atoms with Crippen molar-refractivity contribution in [1.29, 1.82) is 0 Å². The van der Waals surface area contributed by atoms with E-state index in [2.05, 4.69) is 53.1 Å². The first-order valence-electron chi connectivity index (χ1n) is 7.88. The van der Waals surface area contributed by atoms with Gasteiger partial charge < -0.3 is 15.2 Å². The number of nitrogens with one attached hydrogen (secondary N) is 1. The topological polar surface area (TPSA) is 75.6 Å². The number of hydrogen-bond donors (Lipinski definition) is 2. The number of carbonyl (C=O) groups is 2. The van der Waals surface area contributed by atoms with Crippen LogP contribution in [-0.4, -0.2) is 24.1 Å². The number of methoxy groups -OCH3 is 1. The van der Waals surface area contributed by atoms with Crippen LogP contribution in [0.4, 0.5) is 5.00 Å². The second-order valence-electron chi connectivity index (χ2n) is 5.69. The van der Waals surface area contributed by atoms with Crippen LogP contribution in [0.2, 0.25) is 5.02 Å². The summed E-state index contributed by atoms with van der Waals surface area (Å²) < 4.78 is 7.04. The molecule has 5 nitrogen and oxygen atoms in total. The number of thiophene rings is 1. The number of carbonyl (C=O) groups excluding carboxylic acids is 1. The van der Waals surface area contributed by atoms with Crippen molar-refractivity contribution in [1.82, 2.24) is 0 Å². The molecule has 3 rings (SSSR count). The molecule has 1 heterocycles. The van der Waals surface area contributed by atoms with Gasteiger partial charge in [0.2, 0.25) is 0 Å². The van der Waals surface area contributed by atoms with Crippen LogP contribution < -0.4 is 10.1 Å². The number of rotatable bonds is 5. The molecule has 1 amide bonds. The van der Waals surface area contributed by atoms with Crippen molar-refractivity contribution in [2.75, 3.05) is 12.4 Å². The minimum atomic E-state index is -1.14. The summed E-state index contributed by atoms with van der Waals surface area (Å²) in [6, 6.07) is 8.44. The van der Waals surface area contributed by atoms with Gasteiger partial charge in [-0.15, -0.1) is 11.3 Å². The van der Waals surface area contributed by atoms with Crippen molar-refractivity contribution in [3.05, 3.63) is 65.3 Å². The predicted molar refractivity (Wildman–Crippen MR) is 126 cm³/mol. The molecule has 2 aromatic carbocycles. The monoisotopic (exact) mass is 621 g/mol. The molecule has 0 bridgehead atoms. The summed E-state index contributed by atoms with van der Waals surface area (Å²) in [5.74, 6) is -1.17. The van der Waals surface area contributed by atoms with Gasteiger partial charge in [-0.1, -0.05) is 23.7 Å². The van der Waals surface area contributed by atoms with E-state index in [-0.39, 0.29) is 16.1 Å². The third kappa shape index (κ3) is 4.54. The molecule has 0 radical (unpaired) electrons. The fourth-order valence-electron chi connectivity index (χ4n) is 2.60. The number of carboxylic acid groups (broad SMARTS) is 1. The average Bonchev–Trinajstić information content (AvgIpc) is 3.09. The van der Waals surface area contributed by atoms with Crippen LogP contribution in [-0.2, 0) is 0 Å². The van der Waals surface area contributed by atoms with E-state index in [0.29, 0.717) is 35.3 Å². The molecule has 0 saturated heterocycles. The lowest BCUT2D eigenvalue weighted by molar-refractivity contribution is 0.0699. The molecular formula is C19H11Br3ClNO4S. The van der Waals surface area contributed by atoms with Gasteiger partial charge in [0.25, 0.3) is 5.91 Å². The number of anilines is 1. The third-order valence-electron chi connectivity index (χ3n) is 3.95. The maximum atomic E-state index is 12.9. The summed E-state index contributed by atoms with van der Waals surface area (Å²) in [6.45, 7) is 0. The highest BCUT2D eigenvalue weighted by atomic mass is 79.9. The maximum absolute atomic E-state index is 12.9. The summed E-state index contributed by atoms with van der Waals surface area (Å²) in [7, 11) is 1.49. The standard InChI is InChI=1S/C19H11Br3ClNO4S/c1-28-16-14(21)10(6-12(20)15(16)22)17(25)24-18-13(19(26)27)11(7-29-18)8-2-4-9(23)5-3-8/h2-7H,1H3,(H,24,25)(H,26,27). The Morgan fingerprint density at radius 2 is 1.79 bits per heavy atom. The fraction of sp³-hybridized carbons (Fsp3) is 0.0526. The van der Waals surface area contributed by atoms with Gasteiger partial charge in [-0.2, -0.15) is 0 Å². The molecule has 0 unspecified atom stereocenters. The zero-order chi connectivity index (χ0) is 21.3. The van der Waals surface area contributed by atoms with Crippen LogP contribution in [0, 0.1) is 0 Å². The number of benzene rings is 2. The van der Waals surface area contributed by atoms with Gasteiger partial charge in [-0.25, -0.2) is 4.79 Å². The SMILES string of the molecule is COc1c(Br)c(Br)cc(C(=O)Nc2scc(-c3ccc(Cl)cc3)c2C(=O)O)c1Br. The van der Waals surface area contributed by atoms with E-state index in [1.54, 1.807) is 35.7 Å². The molecule has 0 saturated carbocycles. The van der Waals surface area contributed by atoms with Crippen LogP contribution >= 0.6 is 70.7 Å². The molecule has 150 valence electrons. The highest BCUT2D eigenvalue weighted by molar-refractivity contribution is 9.13. The van der Waals surface area contributed by atoms with E-state index in [0.717, 1.165) is 11.3 Å². The maximum Gasteiger partial charge on any atom is 0.339 e. The van der Waals surface area contributed by atoms with Crippen molar-refractivity contribution < 1.29 is 19.4 Å². The smallest absolute Gasteiger partial charge is 0.339 e. The Balaban J connectivity index is 2.01. The molecule has 1 aromatic heterocycles. The number of aromatic carboxylic acids is 1. The lowest BCUT2D eigenvalue weighted by Crippen LogP contribution is -2.14. The van der Waals surface area contributed by atoms with Crippen LogP contribution in [0.3, 0.4) is 0 Å². The third-order valence-corrected chi connectivity index (χ3v) is 7.83. The molecule has 0 aliphatic heterocycles. The summed E-state index contributed by atoms with van der Waals surface area (Å²) >= 11 is 17.2. The summed E-state index contributed by atoms with van der Waals surface area (Å²) in [6.07, 6.45) is 0. The molecule has 2 N–H and O–H groups in total. The van der Waals surface area contributed by atoms with Gasteiger partial charge in [0.1, 0.15) is 16.3 Å². The number of ether oxygens (including phenoxy) is 1. The van der Waals surface area contributed by atoms with Gasteiger partial charge in [-0.05, 0) is 71.6 Å². The van der Waals surface area contributed by atoms with Crippen molar-refractivity contribution in [3.8, 4) is 16.9 Å². The van der Waals surface area contributed by atoms with Crippen molar-refractivity contribution in [2.45, 2.75) is 0 Å². The van der Waals surface area contributed by atoms with Gasteiger partial charge in [0, 0.05) is 20.4 Å². The lowest BCUT2D eigenvalue weighted by atomic mass is 10.0. The van der Waals surface area contributed by atoms with Crippen LogP contribution in [0.5, 0.6) is 5.75 Å². The molecule has 0 aliphatic carbocycles. The van der Waals surface area contributed by atoms with Gasteiger partial charge in [0.15, 0.2) is 0 Å². The molecule has 29 heavy (non-hydrogen) atoms. The average molecular weight is 625 g/mol. The quantitative estimate of drug-likeness (QED) is 0.292. The summed E-state index contributed by atoms with van der Waals surface area (Å²) in [4.78, 5) is 24.8. The Bertz CT molecular complexity index is 1120. The zero-order valence-electron chi connectivity index (χ0n) is 14.6. The van der Waals surface area contributed by atoms with Gasteiger partial charge in [-0.3, -0.25) is 4.79 Å². The normalized spacial score (nSPS) is 10.7. The molecule has 10 heteroatoms. The minimum absolute atomic E-state index is 0.0185. The summed E-state index contributed by atoms with van der Waals surface area (Å²) in [5.41, 5.74) is 1.50. The predicted octanol–water partition coefficient (Wildman–Crippen LogP) is 7.32. The number of amides is 1. The van der Waals surface area contributed by atoms with Crippen LogP contribution in [0.1, 0.15) is 20.7 Å². The molecule has 0 spiro atoms. The molecule has 0 atom stereocenters. The van der Waals surface area contributed by atoms with E-state index in [4.69, 9.17) is 16.3 Å². The second-order valence-corrected chi connectivity index (χ2v) is 9.44. The Labute approximate surface area is 200 Å².